The van der Waals surface area contributed by atoms with Crippen LogP contribution in [0.25, 0.3) is 0 Å². The Kier molecular flexibility index (Phi) is 1.01. The lowest BCUT2D eigenvalue weighted by molar-refractivity contribution is 0.408. The van der Waals surface area contributed by atoms with Crippen LogP contribution in [0.15, 0.2) is 10.9 Å². The monoisotopic (exact) mass is 124 g/mol. The molecule has 1 aromatic rings. The smallest absolute Gasteiger partial charge is 0.213 e. The summed E-state index contributed by atoms with van der Waals surface area (Å²) in [4.78, 5) is 3.92. The van der Waals surface area contributed by atoms with Crippen LogP contribution in [0.4, 0.5) is 0 Å². The second-order valence-electron chi connectivity index (χ2n) is 2.49. The van der Waals surface area contributed by atoms with E-state index >= 15 is 0 Å². The lowest BCUT2D eigenvalue weighted by atomic mass is 10.3. The number of hydrogen-bond donors (Lipinski definition) is 0. The third-order valence-corrected chi connectivity index (χ3v) is 1.58. The molecule has 0 aliphatic heterocycles. The van der Waals surface area contributed by atoms with Gasteiger partial charge in [-0.05, 0) is 18.8 Å². The van der Waals surface area contributed by atoms with Gasteiger partial charge >= 0.3 is 0 Å². The predicted molar refractivity (Wildman–Crippen MR) is 30.7 cm³/mol. The first-order chi connectivity index (χ1) is 4.45. The summed E-state index contributed by atoms with van der Waals surface area (Å²) in [6, 6.07) is 0. The fourth-order valence-electron chi connectivity index (χ4n) is 0.863. The van der Waals surface area contributed by atoms with E-state index in [2.05, 4.69) is 14.7 Å². The number of nitrogens with zero attached hydrogens (tertiary/aromatic N) is 2. The highest BCUT2D eigenvalue weighted by atomic mass is 16.5. The molecule has 0 atom stereocenters. The zero-order chi connectivity index (χ0) is 6.10. The van der Waals surface area contributed by atoms with Crippen LogP contribution in [-0.2, 0) is 6.42 Å². The molecule has 1 aliphatic carbocycles. The molecule has 1 saturated carbocycles. The maximum Gasteiger partial charge on any atom is 0.213 e. The van der Waals surface area contributed by atoms with Crippen LogP contribution >= 0.6 is 0 Å². The SMILES string of the molecule is c1nc(CC2CC2)no1. The minimum absolute atomic E-state index is 0.850. The molecule has 3 nitrogen and oxygen atoms in total. The van der Waals surface area contributed by atoms with Gasteiger partial charge in [-0.3, -0.25) is 0 Å². The van der Waals surface area contributed by atoms with E-state index in [0.29, 0.717) is 0 Å². The van der Waals surface area contributed by atoms with Crippen LogP contribution in [-0.4, -0.2) is 10.1 Å². The molecule has 0 radical (unpaired) electrons. The molecule has 0 bridgehead atoms. The molecule has 0 amide bonds. The molecule has 0 aromatic carbocycles. The van der Waals surface area contributed by atoms with E-state index in [9.17, 15) is 0 Å². The molecule has 0 N–H and O–H groups in total. The van der Waals surface area contributed by atoms with Crippen LogP contribution in [0.2, 0.25) is 0 Å². The third-order valence-electron chi connectivity index (χ3n) is 1.58. The van der Waals surface area contributed by atoms with Crippen LogP contribution < -0.4 is 0 Å². The summed E-state index contributed by atoms with van der Waals surface area (Å²) < 4.78 is 4.58. The Morgan fingerprint density at radius 1 is 1.67 bits per heavy atom. The Hall–Kier alpha value is -0.860. The number of rotatable bonds is 2. The maximum atomic E-state index is 4.58. The summed E-state index contributed by atoms with van der Waals surface area (Å²) in [5.74, 6) is 1.71. The molecule has 1 aliphatic rings. The third kappa shape index (κ3) is 1.09. The first-order valence-corrected chi connectivity index (χ1v) is 3.20. The van der Waals surface area contributed by atoms with Crippen molar-refractivity contribution in [3.63, 3.8) is 0 Å². The molecule has 3 heteroatoms. The topological polar surface area (TPSA) is 38.9 Å². The van der Waals surface area contributed by atoms with Crippen molar-refractivity contribution in [3.8, 4) is 0 Å². The minimum atomic E-state index is 0.850. The van der Waals surface area contributed by atoms with E-state index in [1.54, 1.807) is 0 Å². The van der Waals surface area contributed by atoms with Crippen molar-refractivity contribution >= 4 is 0 Å². The molecule has 48 valence electrons. The van der Waals surface area contributed by atoms with Gasteiger partial charge in [-0.1, -0.05) is 5.16 Å². The Balaban J connectivity index is 1.99. The van der Waals surface area contributed by atoms with E-state index in [-0.39, 0.29) is 0 Å². The fraction of sp³-hybridized carbons (Fsp3) is 0.667. The Morgan fingerprint density at radius 2 is 2.56 bits per heavy atom. The van der Waals surface area contributed by atoms with Gasteiger partial charge in [-0.15, -0.1) is 0 Å². The standard InChI is InChI=1S/C6H8N2O/c1-2-5(1)3-6-7-4-9-8-6/h4-5H,1-3H2. The van der Waals surface area contributed by atoms with E-state index in [4.69, 9.17) is 0 Å². The van der Waals surface area contributed by atoms with Crippen LogP contribution in [0.1, 0.15) is 18.7 Å². The minimum Gasteiger partial charge on any atom is -0.343 e. The van der Waals surface area contributed by atoms with Crippen LogP contribution in [0.5, 0.6) is 0 Å². The summed E-state index contributed by atoms with van der Waals surface area (Å²) in [5.41, 5.74) is 0. The molecule has 2 rings (SSSR count). The van der Waals surface area contributed by atoms with Crippen molar-refractivity contribution in [2.45, 2.75) is 19.3 Å². The zero-order valence-corrected chi connectivity index (χ0v) is 5.08. The largest absolute Gasteiger partial charge is 0.343 e. The Bertz CT molecular complexity index is 179. The average Bonchev–Trinajstić information content (AvgIpc) is 2.46. The van der Waals surface area contributed by atoms with Gasteiger partial charge in [0.05, 0.1) is 0 Å². The second-order valence-corrected chi connectivity index (χ2v) is 2.49. The summed E-state index contributed by atoms with van der Waals surface area (Å²) >= 11 is 0. The summed E-state index contributed by atoms with van der Waals surface area (Å²) in [6.45, 7) is 0. The lowest BCUT2D eigenvalue weighted by Gasteiger charge is -1.83. The van der Waals surface area contributed by atoms with Crippen molar-refractivity contribution in [1.29, 1.82) is 0 Å². The van der Waals surface area contributed by atoms with Crippen molar-refractivity contribution in [2.24, 2.45) is 5.92 Å². The quantitative estimate of drug-likeness (QED) is 0.590. The molecule has 0 unspecified atom stereocenters. The van der Waals surface area contributed by atoms with Crippen LogP contribution in [0.3, 0.4) is 0 Å². The molecular formula is C6H8N2O. The number of aromatic nitrogens is 2. The highest BCUT2D eigenvalue weighted by molar-refractivity contribution is 4.87. The average molecular weight is 124 g/mol. The van der Waals surface area contributed by atoms with Gasteiger partial charge in [-0.2, -0.15) is 4.98 Å². The molecular weight excluding hydrogens is 116 g/mol. The van der Waals surface area contributed by atoms with Gasteiger partial charge in [-0.25, -0.2) is 0 Å². The highest BCUT2D eigenvalue weighted by Crippen LogP contribution is 2.31. The summed E-state index contributed by atoms with van der Waals surface area (Å²) in [6.07, 6.45) is 5.08. The first-order valence-electron chi connectivity index (χ1n) is 3.20. The highest BCUT2D eigenvalue weighted by Gasteiger charge is 2.22. The number of hydrogen-bond acceptors (Lipinski definition) is 3. The molecule has 1 fully saturated rings. The Labute approximate surface area is 53.1 Å². The van der Waals surface area contributed by atoms with Gasteiger partial charge in [0.2, 0.25) is 6.39 Å². The van der Waals surface area contributed by atoms with Crippen LogP contribution in [0, 0.1) is 5.92 Å². The normalized spacial score (nSPS) is 18.2. The molecule has 0 saturated heterocycles. The summed E-state index contributed by atoms with van der Waals surface area (Å²) in [5, 5.41) is 3.71. The van der Waals surface area contributed by atoms with Crippen molar-refractivity contribution in [1.82, 2.24) is 10.1 Å². The van der Waals surface area contributed by atoms with E-state index < -0.39 is 0 Å². The van der Waals surface area contributed by atoms with Gasteiger partial charge in [0.25, 0.3) is 0 Å². The fourth-order valence-corrected chi connectivity index (χ4v) is 0.863. The van der Waals surface area contributed by atoms with Gasteiger partial charge in [0, 0.05) is 6.42 Å². The van der Waals surface area contributed by atoms with Crippen molar-refractivity contribution in [2.75, 3.05) is 0 Å². The molecule has 0 spiro atoms. The molecule has 1 aromatic heterocycles. The predicted octanol–water partition coefficient (Wildman–Crippen LogP) is 1.02. The zero-order valence-electron chi connectivity index (χ0n) is 5.08. The lowest BCUT2D eigenvalue weighted by Crippen LogP contribution is -1.87. The van der Waals surface area contributed by atoms with Gasteiger partial charge < -0.3 is 4.52 Å². The molecule has 9 heavy (non-hydrogen) atoms. The molecule has 1 heterocycles. The second kappa shape index (κ2) is 1.83. The first kappa shape index (κ1) is 4.97. The summed E-state index contributed by atoms with van der Waals surface area (Å²) in [7, 11) is 0. The maximum absolute atomic E-state index is 4.58. The Morgan fingerprint density at radius 3 is 3.11 bits per heavy atom. The van der Waals surface area contributed by atoms with E-state index in [0.717, 1.165) is 18.2 Å². The van der Waals surface area contributed by atoms with Crippen molar-refractivity contribution < 1.29 is 4.52 Å². The van der Waals surface area contributed by atoms with Gasteiger partial charge in [0.1, 0.15) is 0 Å². The van der Waals surface area contributed by atoms with Gasteiger partial charge in [0.15, 0.2) is 5.82 Å². The van der Waals surface area contributed by atoms with E-state index in [1.165, 1.54) is 19.2 Å². The van der Waals surface area contributed by atoms with E-state index in [1.807, 2.05) is 0 Å². The van der Waals surface area contributed by atoms with Crippen molar-refractivity contribution in [3.05, 3.63) is 12.2 Å².